The zero-order valence-electron chi connectivity index (χ0n) is 63.9. The van der Waals surface area contributed by atoms with Crippen molar-refractivity contribution < 1.29 is 81.0 Å². The fourth-order valence-electron chi connectivity index (χ4n) is 12.7. The number of fused-ring (bicyclic) bond motifs is 4. The maximum absolute atomic E-state index is 13.9. The number of carbonyl (C=O) groups is 7. The largest absolute Gasteiger partial charge is 0.505 e. The highest BCUT2D eigenvalue weighted by molar-refractivity contribution is 9.11. The van der Waals surface area contributed by atoms with Crippen molar-refractivity contribution in [2.45, 2.75) is 123 Å². The third kappa shape index (κ3) is 27.5. The molecule has 26 nitrogen and oxygen atoms in total. The first-order chi connectivity index (χ1) is 55.7. The summed E-state index contributed by atoms with van der Waals surface area (Å²) in [5.41, 5.74) is 10.5. The number of Topliss-reactive ketones (excluding diaryl/α,β-unsaturated/α-hetero) is 1. The number of halogens is 8. The van der Waals surface area contributed by atoms with E-state index in [4.69, 9.17) is 20.5 Å². The number of pyridine rings is 1. The van der Waals surface area contributed by atoms with Crippen LogP contribution in [0, 0.1) is 17.5 Å². The molecule has 2 saturated heterocycles. The van der Waals surface area contributed by atoms with Crippen LogP contribution in [0.3, 0.4) is 0 Å². The molecular weight excluding hydrogens is 1830 g/mol. The molecule has 0 spiro atoms. The molecule has 0 unspecified atom stereocenters. The number of aromatic nitrogens is 8. The summed E-state index contributed by atoms with van der Waals surface area (Å²) in [5.74, 6) is 1.82. The number of H-pyrrole nitrogens is 1. The highest BCUT2D eigenvalue weighted by Crippen LogP contribution is 2.33. The maximum Gasteiger partial charge on any atom is 0.505 e. The van der Waals surface area contributed by atoms with Gasteiger partial charge in [-0.1, -0.05) is 101 Å². The Morgan fingerprint density at radius 2 is 0.991 bits per heavy atom. The van der Waals surface area contributed by atoms with Gasteiger partial charge in [-0.2, -0.15) is 0 Å². The number of carbonyl (C=O) groups excluding carboxylic acids is 7. The second-order valence-corrected chi connectivity index (χ2v) is 30.6. The van der Waals surface area contributed by atoms with Crippen LogP contribution in [0.2, 0.25) is 0 Å². The van der Waals surface area contributed by atoms with Crippen LogP contribution in [0.25, 0.3) is 33.4 Å². The van der Waals surface area contributed by atoms with Crippen molar-refractivity contribution in [3.8, 4) is 22.5 Å². The number of nitrogens with zero attached hydrogens (tertiary/aromatic N) is 10. The minimum absolute atomic E-state index is 0.0406. The van der Waals surface area contributed by atoms with Crippen LogP contribution < -0.4 is 21.7 Å². The van der Waals surface area contributed by atoms with Gasteiger partial charge < -0.3 is 73.4 Å². The molecule has 116 heavy (non-hydrogen) atoms. The Morgan fingerprint density at radius 3 is 1.38 bits per heavy atom. The third-order valence-electron chi connectivity index (χ3n) is 18.5. The van der Waals surface area contributed by atoms with Crippen LogP contribution >= 0.6 is 79.6 Å². The number of amides is 3. The molecule has 0 bridgehead atoms. The number of aromatic amines is 1. The molecule has 3 fully saturated rings. The van der Waals surface area contributed by atoms with Crippen molar-refractivity contribution >= 4 is 163 Å². The van der Waals surface area contributed by atoms with Crippen molar-refractivity contribution in [1.29, 1.82) is 0 Å². The zero-order valence-corrected chi connectivity index (χ0v) is 71.9. The van der Waals surface area contributed by atoms with Crippen LogP contribution in [0.5, 0.6) is 0 Å². The molecule has 36 heteroatoms. The maximum atomic E-state index is 13.9. The quantitative estimate of drug-likeness (QED) is 0.0240. The molecule has 7 N–H and O–H groups in total. The lowest BCUT2D eigenvalue weighted by Crippen LogP contribution is -2.34. The number of likely N-dealkylation sites (tertiary alicyclic amines) is 2. The molecule has 1 saturated carbocycles. The fourth-order valence-corrected chi connectivity index (χ4v) is 14.5. The number of rotatable bonds is 15. The summed E-state index contributed by atoms with van der Waals surface area (Å²) < 4.78 is 62.7. The van der Waals surface area contributed by atoms with Crippen molar-refractivity contribution in [2.24, 2.45) is 5.73 Å². The van der Waals surface area contributed by atoms with Crippen LogP contribution in [-0.2, 0) is 95.0 Å². The topological polar surface area (TPSA) is 346 Å². The lowest BCUT2D eigenvalue weighted by molar-refractivity contribution is -0.145. The van der Waals surface area contributed by atoms with E-state index in [1.807, 2.05) is 91.4 Å². The number of nitrogens with two attached hydrogens (primary N) is 1. The number of ether oxygens (including phenoxy) is 3. The Labute approximate surface area is 711 Å². The molecule has 16 rings (SSSR count). The van der Waals surface area contributed by atoms with E-state index < -0.39 is 31.9 Å². The van der Waals surface area contributed by atoms with E-state index in [0.717, 1.165) is 129 Å². The zero-order chi connectivity index (χ0) is 84.0. The van der Waals surface area contributed by atoms with Gasteiger partial charge in [0, 0.05) is 143 Å². The van der Waals surface area contributed by atoms with E-state index in [-0.39, 0.29) is 74.9 Å². The molecule has 614 valence electrons. The number of esters is 3. The normalized spacial score (nSPS) is 13.7. The fraction of sp³-hybridized carbons (Fsp3) is 0.338. The summed E-state index contributed by atoms with van der Waals surface area (Å²) in [6.45, 7) is 5.85. The van der Waals surface area contributed by atoms with Gasteiger partial charge in [0.05, 0.1) is 63.8 Å². The van der Waals surface area contributed by atoms with Gasteiger partial charge >= 0.3 is 32.1 Å². The number of anilines is 1. The third-order valence-corrected chi connectivity index (χ3v) is 21.2. The molecule has 5 aromatic carbocycles. The van der Waals surface area contributed by atoms with E-state index in [2.05, 4.69) is 133 Å². The number of methoxy groups -OCH3 is 3. The number of ketones is 1. The first-order valence-electron chi connectivity index (χ1n) is 37.1. The number of benzene rings is 5. The second-order valence-electron chi connectivity index (χ2n) is 26.7. The van der Waals surface area contributed by atoms with E-state index in [1.165, 1.54) is 67.8 Å². The molecule has 5 aromatic heterocycles. The Kier molecular flexibility index (Phi) is 37.2. The molecule has 3 amide bonds. The summed E-state index contributed by atoms with van der Waals surface area (Å²) in [4.78, 5) is 101. The predicted octanol–water partition coefficient (Wildman–Crippen LogP) is 11.5. The molecule has 0 radical (unpaired) electrons. The smallest absolute Gasteiger partial charge is 0.468 e. The molecule has 10 aromatic rings. The summed E-state index contributed by atoms with van der Waals surface area (Å²) in [5, 5.41) is 37.4. The van der Waals surface area contributed by atoms with Gasteiger partial charge in [-0.25, -0.2) is 37.9 Å². The summed E-state index contributed by atoms with van der Waals surface area (Å²) in [6, 6.07) is 36.4. The number of nitrogens with one attached hydrogen (secondary N) is 1. The molecule has 6 aliphatic rings. The summed E-state index contributed by atoms with van der Waals surface area (Å²) >= 11 is 15.5. The number of aryl methyl sites for hydroxylation is 6. The van der Waals surface area contributed by atoms with Gasteiger partial charge in [-0.05, 0) is 156 Å². The molecule has 10 heterocycles. The van der Waals surface area contributed by atoms with Crippen LogP contribution in [0.1, 0.15) is 110 Å². The van der Waals surface area contributed by atoms with Crippen molar-refractivity contribution in [3.63, 3.8) is 0 Å². The number of imidazole rings is 3. The number of hydrogen-bond donors (Lipinski definition) is 6. The van der Waals surface area contributed by atoms with Crippen molar-refractivity contribution in [2.75, 3.05) is 57.7 Å². The van der Waals surface area contributed by atoms with Crippen LogP contribution in [0.15, 0.2) is 164 Å². The van der Waals surface area contributed by atoms with E-state index in [0.29, 0.717) is 81.6 Å². The standard InChI is InChI=1S/C23H22BN3O4.2C12H10BrFN2.C7H11NO3.C6H5BBrFO2.C6H7BrN2.C6H10N2O2.C5H8O.C3H5BrO2/c1-31-23(28)19-13-25-22(21-18(19)12-20(26-21)24(29)30)27(14-16-8-4-2-5-9-16)15-17-10-6-3-7-11-17;2*13-9-4-1-3-8(12(9)14)10-7-16-6-2-5-11(16)15-10;1-11-7(10)5-8-4-2-3-6(8)9;8-5-3-1-2-4(6(5)9)7(10)11;7-5-4-9-3-1-2-6(9)8-5;7-5(9)4-8-3-1-2-6(8)10;6-5-3-1-2-4-5;1-6-3(5)2-4/h2-13,26,29-30H,14-15H2,1H3;2*1,3-4,7H,2,5-6H2;2-5H2,1H3;1-3,10-11H;4H,1-3H2;1-4H2,(H2,7,9);1-4H2;2H2,1H3. The SMILES string of the molecule is Brc1cn2c(n1)CCC2.COC(=O)CBr.COC(=O)CN1CCCC1=O.COC(=O)c1cnc(N(Cc2ccccc2)Cc2ccccc2)c2[nH]c(B(O)O)cc12.Fc1c(Br)cccc1-c1cn2c(n1)CCC2.Fc1c(Br)cccc1-c1cn2c(n1)CCC2.NC(=O)CN1CCCC1=O.O=C1CCCC1.OB(O)c1cccc(Br)c1F. The predicted molar refractivity (Wildman–Crippen MR) is 452 cm³/mol. The lowest BCUT2D eigenvalue weighted by Gasteiger charge is -2.25. The van der Waals surface area contributed by atoms with Gasteiger partial charge in [-0.15, -0.1) is 0 Å². The minimum Gasteiger partial charge on any atom is -0.468 e. The minimum atomic E-state index is -1.76. The first-order valence-corrected chi connectivity index (χ1v) is 41.4. The number of hydrogen-bond acceptors (Lipinski definition) is 19. The molecule has 0 atom stereocenters. The molecule has 5 aliphatic heterocycles. The van der Waals surface area contributed by atoms with Gasteiger partial charge in [0.15, 0.2) is 5.82 Å². The summed E-state index contributed by atoms with van der Waals surface area (Å²) in [6.07, 6.45) is 20.9. The lowest BCUT2D eigenvalue weighted by atomic mass is 9.80. The van der Waals surface area contributed by atoms with Gasteiger partial charge in [0.25, 0.3) is 0 Å². The van der Waals surface area contributed by atoms with Crippen molar-refractivity contribution in [1.82, 2.24) is 48.4 Å². The summed E-state index contributed by atoms with van der Waals surface area (Å²) in [7, 11) is 0.509. The number of alkyl halides is 1. The van der Waals surface area contributed by atoms with Gasteiger partial charge in [-0.3, -0.25) is 28.8 Å². The molecular formula is C80H88B2Br5F3N12O14. The van der Waals surface area contributed by atoms with E-state index >= 15 is 0 Å². The van der Waals surface area contributed by atoms with E-state index in [9.17, 15) is 56.8 Å². The Balaban J connectivity index is 0.000000172. The van der Waals surface area contributed by atoms with E-state index in [1.54, 1.807) is 30.3 Å². The highest BCUT2D eigenvalue weighted by Gasteiger charge is 2.27. The van der Waals surface area contributed by atoms with Gasteiger partial charge in [0.1, 0.15) is 57.2 Å². The average molecular weight is 1920 g/mol. The Morgan fingerprint density at radius 1 is 0.534 bits per heavy atom. The molecule has 1 aliphatic carbocycles. The second kappa shape index (κ2) is 46.7. The van der Waals surface area contributed by atoms with Gasteiger partial charge in [0.2, 0.25) is 17.7 Å². The van der Waals surface area contributed by atoms with Crippen LogP contribution in [0.4, 0.5) is 19.0 Å². The highest BCUT2D eigenvalue weighted by atomic mass is 79.9. The van der Waals surface area contributed by atoms with Crippen molar-refractivity contribution in [3.05, 3.63) is 216 Å². The van der Waals surface area contributed by atoms with Crippen LogP contribution in [-0.4, -0.2) is 177 Å². The Hall–Kier alpha value is -9.13. The Bertz CT molecular complexity index is 4750. The first kappa shape index (κ1) is 92.4. The number of primary amides is 1. The average Bonchev–Trinajstić information content (AvgIpc) is 1.60. The monoisotopic (exact) mass is 1910 g/mol.